The lowest BCUT2D eigenvalue weighted by Crippen LogP contribution is -2.37. The minimum Gasteiger partial charge on any atom is -0.336 e. The molecule has 0 saturated carbocycles. The van der Waals surface area contributed by atoms with Crippen molar-refractivity contribution in [1.82, 2.24) is 4.90 Å². The first kappa shape index (κ1) is 20.2. The third kappa shape index (κ3) is 6.27. The maximum atomic E-state index is 12.8. The Balaban J connectivity index is 2.87. The van der Waals surface area contributed by atoms with Crippen LogP contribution in [0.5, 0.6) is 0 Å². The first-order valence-electron chi connectivity index (χ1n) is 7.73. The van der Waals surface area contributed by atoms with E-state index >= 15 is 0 Å². The van der Waals surface area contributed by atoms with Gasteiger partial charge >= 0.3 is 7.60 Å². The molecule has 23 heavy (non-hydrogen) atoms. The monoisotopic (exact) mass is 361 g/mol. The summed E-state index contributed by atoms with van der Waals surface area (Å²) in [5, 5.41) is 0. The molecule has 1 atom stereocenters. The second-order valence-electron chi connectivity index (χ2n) is 5.12. The van der Waals surface area contributed by atoms with E-state index in [1.54, 1.807) is 25.7 Å². The molecule has 1 aromatic carbocycles. The fraction of sp³-hybridized carbons (Fsp3) is 0.562. The smallest absolute Gasteiger partial charge is 0.335 e. The van der Waals surface area contributed by atoms with Crippen LogP contribution in [-0.4, -0.2) is 42.1 Å². The Hall–Kier alpha value is -0.870. The zero-order valence-electron chi connectivity index (χ0n) is 13.9. The van der Waals surface area contributed by atoms with Gasteiger partial charge in [-0.25, -0.2) is 0 Å². The van der Waals surface area contributed by atoms with Crippen molar-refractivity contribution in [3.8, 4) is 0 Å². The molecule has 0 heterocycles. The highest BCUT2D eigenvalue weighted by molar-refractivity contribution is 7.54. The molecule has 5 nitrogen and oxygen atoms in total. The number of carbonyl (C=O) groups excluding carboxylic acids is 1. The summed E-state index contributed by atoms with van der Waals surface area (Å²) in [5.41, 5.74) is 0.555. The van der Waals surface area contributed by atoms with E-state index in [1.807, 2.05) is 30.3 Å². The zero-order chi connectivity index (χ0) is 17.3. The van der Waals surface area contributed by atoms with E-state index in [-0.39, 0.29) is 18.3 Å². The fourth-order valence-corrected chi connectivity index (χ4v) is 4.08. The Bertz CT molecular complexity index is 516. The van der Waals surface area contributed by atoms with Gasteiger partial charge in [0.05, 0.1) is 18.9 Å². The van der Waals surface area contributed by atoms with Crippen LogP contribution in [-0.2, 0) is 25.0 Å². The normalized spacial score (nSPS) is 12.9. The van der Waals surface area contributed by atoms with Crippen molar-refractivity contribution in [2.75, 3.05) is 25.6 Å². The number of hydrogen-bond acceptors (Lipinski definition) is 4. The van der Waals surface area contributed by atoms with Crippen LogP contribution in [0, 0.1) is 0 Å². The van der Waals surface area contributed by atoms with Crippen LogP contribution in [0.25, 0.3) is 0 Å². The Morgan fingerprint density at radius 1 is 1.22 bits per heavy atom. The van der Waals surface area contributed by atoms with E-state index in [0.29, 0.717) is 19.8 Å². The van der Waals surface area contributed by atoms with Crippen LogP contribution >= 0.6 is 19.2 Å². The first-order chi connectivity index (χ1) is 11.0. The third-order valence-corrected chi connectivity index (χ3v) is 6.03. The molecule has 0 N–H and O–H groups in total. The molecule has 1 unspecified atom stereocenters. The van der Waals surface area contributed by atoms with Crippen LogP contribution in [0.3, 0.4) is 0 Å². The maximum absolute atomic E-state index is 12.8. The molecule has 0 spiro atoms. The van der Waals surface area contributed by atoms with E-state index in [0.717, 1.165) is 5.56 Å². The topological polar surface area (TPSA) is 55.8 Å². The molecule has 0 saturated heterocycles. The van der Waals surface area contributed by atoms with Crippen LogP contribution in [0.1, 0.15) is 26.3 Å². The summed E-state index contributed by atoms with van der Waals surface area (Å²) in [4.78, 5) is 13.7. The van der Waals surface area contributed by atoms with Crippen LogP contribution < -0.4 is 0 Å². The molecule has 7 heteroatoms. The predicted molar refractivity (Wildman–Crippen MR) is 92.9 cm³/mol. The summed E-state index contributed by atoms with van der Waals surface area (Å²) in [5.74, 6) is -0.324. The molecular weight excluding hydrogens is 337 g/mol. The van der Waals surface area contributed by atoms with Gasteiger partial charge in [0.15, 0.2) is 0 Å². The van der Waals surface area contributed by atoms with Gasteiger partial charge in [-0.2, -0.15) is 0 Å². The van der Waals surface area contributed by atoms with Gasteiger partial charge in [-0.15, -0.1) is 11.6 Å². The van der Waals surface area contributed by atoms with Gasteiger partial charge in [-0.1, -0.05) is 30.3 Å². The number of benzene rings is 1. The number of hydrogen-bond donors (Lipinski definition) is 0. The maximum Gasteiger partial charge on any atom is 0.335 e. The average Bonchev–Trinajstić information content (AvgIpc) is 2.54. The molecule has 0 radical (unpaired) electrons. The fourth-order valence-electron chi connectivity index (χ4n) is 2.21. The molecule has 1 amide bonds. The highest BCUT2D eigenvalue weighted by Crippen LogP contribution is 2.53. The number of carbonyl (C=O) groups is 1. The van der Waals surface area contributed by atoms with E-state index in [4.69, 9.17) is 20.6 Å². The van der Waals surface area contributed by atoms with Gasteiger partial charge < -0.3 is 13.9 Å². The van der Waals surface area contributed by atoms with Gasteiger partial charge in [0.1, 0.15) is 5.88 Å². The Morgan fingerprint density at radius 3 is 2.26 bits per heavy atom. The second-order valence-corrected chi connectivity index (χ2v) is 7.86. The van der Waals surface area contributed by atoms with Crippen molar-refractivity contribution < 1.29 is 18.4 Å². The summed E-state index contributed by atoms with van der Waals surface area (Å²) in [6.45, 7) is 6.57. The molecule has 0 aromatic heterocycles. The number of nitrogens with zero attached hydrogens (tertiary/aromatic N) is 1. The zero-order valence-corrected chi connectivity index (χ0v) is 15.6. The summed E-state index contributed by atoms with van der Waals surface area (Å²) in [7, 11) is -3.26. The van der Waals surface area contributed by atoms with Gasteiger partial charge in [0.25, 0.3) is 0 Å². The minimum atomic E-state index is -3.26. The summed E-state index contributed by atoms with van der Waals surface area (Å²) in [6.07, 6.45) is 0. The molecule has 1 aromatic rings. The molecular formula is C16H25ClNO4P. The lowest BCUT2D eigenvalue weighted by Gasteiger charge is -2.29. The number of alkyl halides is 1. The van der Waals surface area contributed by atoms with E-state index in [9.17, 15) is 9.36 Å². The molecule has 1 rings (SSSR count). The second kappa shape index (κ2) is 10.1. The molecule has 0 aliphatic carbocycles. The van der Waals surface area contributed by atoms with Gasteiger partial charge in [0, 0.05) is 13.1 Å². The average molecular weight is 362 g/mol. The highest BCUT2D eigenvalue weighted by Gasteiger charge is 2.34. The number of halogens is 1. The Kier molecular flexibility index (Phi) is 8.85. The van der Waals surface area contributed by atoms with Gasteiger partial charge in [-0.05, 0) is 26.3 Å². The third-order valence-electron chi connectivity index (χ3n) is 3.33. The quantitative estimate of drug-likeness (QED) is 0.468. The SMILES string of the molecule is CCOP(=O)(OCC)C(C)CN(Cc1ccccc1)C(=O)CCl. The summed E-state index contributed by atoms with van der Waals surface area (Å²) >= 11 is 5.71. The molecule has 130 valence electrons. The van der Waals surface area contributed by atoms with Crippen LogP contribution in [0.2, 0.25) is 0 Å². The van der Waals surface area contributed by atoms with Crippen molar-refractivity contribution >= 4 is 25.1 Å². The van der Waals surface area contributed by atoms with E-state index < -0.39 is 13.3 Å². The van der Waals surface area contributed by atoms with Crippen molar-refractivity contribution in [2.24, 2.45) is 0 Å². The molecule has 0 aliphatic heterocycles. The lowest BCUT2D eigenvalue weighted by atomic mass is 10.2. The van der Waals surface area contributed by atoms with Gasteiger partial charge in [0.2, 0.25) is 5.91 Å². The lowest BCUT2D eigenvalue weighted by molar-refractivity contribution is -0.129. The Labute approximate surface area is 143 Å². The standard InChI is InChI=1S/C16H25ClNO4P/c1-4-21-23(20,22-5-2)14(3)12-18(16(19)11-17)13-15-9-7-6-8-10-15/h6-10,14H,4-5,11-13H2,1-3H3. The predicted octanol–water partition coefficient (Wildman–Crippen LogP) is 3.91. The van der Waals surface area contributed by atoms with Crippen molar-refractivity contribution in [3.63, 3.8) is 0 Å². The largest absolute Gasteiger partial charge is 0.336 e. The van der Waals surface area contributed by atoms with E-state index in [2.05, 4.69) is 0 Å². The van der Waals surface area contributed by atoms with Crippen molar-refractivity contribution in [3.05, 3.63) is 35.9 Å². The van der Waals surface area contributed by atoms with Crippen molar-refractivity contribution in [1.29, 1.82) is 0 Å². The molecule has 0 fully saturated rings. The van der Waals surface area contributed by atoms with Crippen LogP contribution in [0.15, 0.2) is 30.3 Å². The first-order valence-corrected chi connectivity index (χ1v) is 9.87. The molecule has 0 bridgehead atoms. The van der Waals surface area contributed by atoms with Crippen molar-refractivity contribution in [2.45, 2.75) is 33.0 Å². The van der Waals surface area contributed by atoms with E-state index in [1.165, 1.54) is 0 Å². The summed E-state index contributed by atoms with van der Waals surface area (Å²) < 4.78 is 23.5. The summed E-state index contributed by atoms with van der Waals surface area (Å²) in [6, 6.07) is 9.60. The minimum absolute atomic E-state index is 0.118. The Morgan fingerprint density at radius 2 is 1.78 bits per heavy atom. The van der Waals surface area contributed by atoms with Gasteiger partial charge in [-0.3, -0.25) is 9.36 Å². The number of rotatable bonds is 10. The van der Waals surface area contributed by atoms with Crippen LogP contribution in [0.4, 0.5) is 0 Å². The molecule has 0 aliphatic rings. The highest BCUT2D eigenvalue weighted by atomic mass is 35.5. The number of amides is 1.